The van der Waals surface area contributed by atoms with Crippen LogP contribution in [0.1, 0.15) is 29.8 Å². The zero-order chi connectivity index (χ0) is 22.2. The Morgan fingerprint density at radius 1 is 1.00 bits per heavy atom. The summed E-state index contributed by atoms with van der Waals surface area (Å²) < 4.78 is 41.8. The van der Waals surface area contributed by atoms with E-state index >= 15 is 0 Å². The summed E-state index contributed by atoms with van der Waals surface area (Å²) in [4.78, 5) is 15.3. The fraction of sp³-hybridized carbons (Fsp3) is 0.632. The van der Waals surface area contributed by atoms with Crippen molar-refractivity contribution in [3.05, 3.63) is 35.4 Å². The van der Waals surface area contributed by atoms with E-state index in [1.165, 1.54) is 7.11 Å². The normalized spacial score (nSPS) is 19.8. The smallest absolute Gasteiger partial charge is 0.340 e. The van der Waals surface area contributed by atoms with Crippen LogP contribution in [0.5, 0.6) is 0 Å². The highest BCUT2D eigenvalue weighted by molar-refractivity contribution is 7.73. The van der Waals surface area contributed by atoms with Crippen molar-refractivity contribution in [1.29, 1.82) is 0 Å². The average molecular weight is 462 g/mol. The van der Waals surface area contributed by atoms with Crippen molar-refractivity contribution in [1.82, 2.24) is 9.80 Å². The Hall–Kier alpha value is -1.05. The summed E-state index contributed by atoms with van der Waals surface area (Å²) >= 11 is 0. The molecule has 0 aromatic heterocycles. The lowest BCUT2D eigenvalue weighted by molar-refractivity contribution is 0.0696. The molecular weight excluding hydrogens is 430 g/mol. The van der Waals surface area contributed by atoms with E-state index < -0.39 is 20.9 Å². The second-order valence-corrected chi connectivity index (χ2v) is 12.3. The Morgan fingerprint density at radius 3 is 2.07 bits per heavy atom. The third-order valence-corrected chi connectivity index (χ3v) is 10.7. The van der Waals surface area contributed by atoms with Gasteiger partial charge >= 0.3 is 13.6 Å². The van der Waals surface area contributed by atoms with Crippen LogP contribution in [0.25, 0.3) is 0 Å². The molecular formula is C19H32N2O7P2. The number of benzene rings is 1. The van der Waals surface area contributed by atoms with E-state index in [-0.39, 0.29) is 31.0 Å². The third-order valence-electron chi connectivity index (χ3n) is 4.84. The van der Waals surface area contributed by atoms with Crippen LogP contribution >= 0.6 is 15.0 Å². The van der Waals surface area contributed by atoms with Gasteiger partial charge in [-0.2, -0.15) is 0 Å². The number of carbonyl (C=O) groups is 1. The van der Waals surface area contributed by atoms with Crippen LogP contribution in [-0.2, 0) is 29.2 Å². The van der Waals surface area contributed by atoms with Gasteiger partial charge in [-0.3, -0.25) is 18.9 Å². The maximum atomic E-state index is 13.3. The molecule has 2 rings (SSSR count). The highest BCUT2D eigenvalue weighted by Crippen LogP contribution is 2.63. The minimum absolute atomic E-state index is 0.211. The van der Waals surface area contributed by atoms with E-state index in [1.807, 2.05) is 12.1 Å². The second-order valence-electron chi connectivity index (χ2n) is 7.12. The molecule has 1 fully saturated rings. The summed E-state index contributed by atoms with van der Waals surface area (Å²) in [5.74, 6) is -1.16. The van der Waals surface area contributed by atoms with Crippen molar-refractivity contribution < 1.29 is 32.6 Å². The molecule has 1 aromatic rings. The molecule has 1 heterocycles. The fourth-order valence-corrected chi connectivity index (χ4v) is 8.91. The molecule has 1 saturated heterocycles. The topological polar surface area (TPSA) is 106 Å². The first kappa shape index (κ1) is 25.2. The molecule has 0 saturated carbocycles. The second kappa shape index (κ2) is 11.5. The first-order valence-corrected chi connectivity index (χ1v) is 13.7. The fourth-order valence-electron chi connectivity index (χ4n) is 3.38. The lowest BCUT2D eigenvalue weighted by Crippen LogP contribution is -2.46. The highest BCUT2D eigenvalue weighted by Gasteiger charge is 2.38. The molecule has 11 heteroatoms. The van der Waals surface area contributed by atoms with Gasteiger partial charge in [-0.05, 0) is 31.5 Å². The molecule has 30 heavy (non-hydrogen) atoms. The summed E-state index contributed by atoms with van der Waals surface area (Å²) in [6, 6.07) is 6.88. The van der Waals surface area contributed by atoms with Gasteiger partial charge in [0.1, 0.15) is 5.90 Å². The Labute approximate surface area is 178 Å². The molecule has 0 radical (unpaired) electrons. The van der Waals surface area contributed by atoms with Crippen LogP contribution in [0, 0.1) is 0 Å². The molecule has 170 valence electrons. The van der Waals surface area contributed by atoms with Crippen LogP contribution < -0.4 is 0 Å². The van der Waals surface area contributed by atoms with E-state index in [4.69, 9.17) is 18.7 Å². The lowest BCUT2D eigenvalue weighted by Gasteiger charge is -2.36. The Morgan fingerprint density at radius 2 is 1.57 bits per heavy atom. The number of hydrogen-bond donors (Lipinski definition) is 1. The number of piperazine rings is 1. The van der Waals surface area contributed by atoms with E-state index in [2.05, 4.69) is 9.80 Å². The number of nitrogens with zero attached hydrogens (tertiary/aromatic N) is 2. The van der Waals surface area contributed by atoms with Gasteiger partial charge in [-0.25, -0.2) is 4.79 Å². The van der Waals surface area contributed by atoms with Gasteiger partial charge in [0.25, 0.3) is 0 Å². The first-order valence-electron chi connectivity index (χ1n) is 10.0. The molecule has 0 aliphatic carbocycles. The molecule has 0 amide bonds. The summed E-state index contributed by atoms with van der Waals surface area (Å²) in [7, 11) is -5.37. The van der Waals surface area contributed by atoms with Crippen LogP contribution in [0.2, 0.25) is 0 Å². The molecule has 9 nitrogen and oxygen atoms in total. The predicted octanol–water partition coefficient (Wildman–Crippen LogP) is 3.61. The van der Waals surface area contributed by atoms with Crippen LogP contribution in [0.4, 0.5) is 0 Å². The van der Waals surface area contributed by atoms with Gasteiger partial charge < -0.3 is 18.7 Å². The van der Waals surface area contributed by atoms with Crippen molar-refractivity contribution >= 4 is 20.9 Å². The maximum Gasteiger partial charge on any atom is 0.340 e. The summed E-state index contributed by atoms with van der Waals surface area (Å²) in [5.41, 5.74) is 1.32. The number of aromatic carboxylic acids is 1. The Balaban J connectivity index is 1.91. The molecule has 1 aliphatic rings. The zero-order valence-electron chi connectivity index (χ0n) is 17.9. The van der Waals surface area contributed by atoms with Gasteiger partial charge in [0.15, 0.2) is 0 Å². The quantitative estimate of drug-likeness (QED) is 0.466. The van der Waals surface area contributed by atoms with Crippen LogP contribution in [0.15, 0.2) is 24.3 Å². The number of rotatable bonds is 12. The van der Waals surface area contributed by atoms with Crippen LogP contribution in [-0.4, -0.2) is 79.6 Å². The number of carboxylic acid groups (broad SMARTS) is 1. The minimum Gasteiger partial charge on any atom is -0.478 e. The van der Waals surface area contributed by atoms with Crippen molar-refractivity contribution in [3.63, 3.8) is 0 Å². The number of hydrogen-bond acceptors (Lipinski definition) is 8. The SMILES string of the molecule is CCOP(=O)(CN1CCN(Cc2ccc(C(=O)O)cc2)CC1)CP(=O)(OC)OCC. The predicted molar refractivity (Wildman–Crippen MR) is 115 cm³/mol. The van der Waals surface area contributed by atoms with Crippen LogP contribution in [0.3, 0.4) is 0 Å². The Kier molecular flexibility index (Phi) is 9.69. The van der Waals surface area contributed by atoms with Gasteiger partial charge in [0, 0.05) is 39.8 Å². The monoisotopic (exact) mass is 462 g/mol. The minimum atomic E-state index is -3.46. The van der Waals surface area contributed by atoms with Crippen molar-refractivity contribution in [2.75, 3.05) is 58.7 Å². The average Bonchev–Trinajstić information content (AvgIpc) is 2.70. The van der Waals surface area contributed by atoms with Gasteiger partial charge in [-0.1, -0.05) is 12.1 Å². The maximum absolute atomic E-state index is 13.3. The largest absolute Gasteiger partial charge is 0.478 e. The van der Waals surface area contributed by atoms with Crippen molar-refractivity contribution in [2.45, 2.75) is 20.4 Å². The van der Waals surface area contributed by atoms with Gasteiger partial charge in [0.2, 0.25) is 7.37 Å². The van der Waals surface area contributed by atoms with E-state index in [0.29, 0.717) is 13.1 Å². The van der Waals surface area contributed by atoms with Crippen molar-refractivity contribution in [2.24, 2.45) is 0 Å². The zero-order valence-corrected chi connectivity index (χ0v) is 19.6. The molecule has 2 unspecified atom stereocenters. The van der Waals surface area contributed by atoms with E-state index in [9.17, 15) is 13.9 Å². The summed E-state index contributed by atoms with van der Waals surface area (Å²) in [5, 5.41) is 8.99. The molecule has 2 atom stereocenters. The molecule has 0 spiro atoms. The number of carboxylic acids is 1. The highest BCUT2D eigenvalue weighted by atomic mass is 31.2. The molecule has 0 bridgehead atoms. The summed E-state index contributed by atoms with van der Waals surface area (Å²) in [6.07, 6.45) is 0.211. The molecule has 1 aliphatic heterocycles. The third kappa shape index (κ3) is 7.57. The first-order chi connectivity index (χ1) is 14.2. The lowest BCUT2D eigenvalue weighted by atomic mass is 10.1. The van der Waals surface area contributed by atoms with E-state index in [0.717, 1.165) is 25.2 Å². The summed E-state index contributed by atoms with van der Waals surface area (Å²) in [6.45, 7) is 7.64. The van der Waals surface area contributed by atoms with Gasteiger partial charge in [0.05, 0.1) is 25.1 Å². The van der Waals surface area contributed by atoms with Gasteiger partial charge in [-0.15, -0.1) is 0 Å². The van der Waals surface area contributed by atoms with E-state index in [1.54, 1.807) is 26.0 Å². The Bertz CT molecular complexity index is 780. The molecule has 1 aromatic carbocycles. The standard InChI is InChI=1S/C19H32N2O7P2/c1-4-27-29(24,16-30(25,26-3)28-5-2)15-21-12-10-20(11-13-21)14-17-6-8-18(9-7-17)19(22)23/h6-9H,4-5,10-16H2,1-3H3,(H,22,23). The molecule has 1 N–H and O–H groups in total. The van der Waals surface area contributed by atoms with Crippen molar-refractivity contribution in [3.8, 4) is 0 Å².